The van der Waals surface area contributed by atoms with Gasteiger partial charge in [0.25, 0.3) is 0 Å². The lowest BCUT2D eigenvalue weighted by Crippen LogP contribution is -2.57. The third kappa shape index (κ3) is 4.82. The topological polar surface area (TPSA) is 94.2 Å². The van der Waals surface area contributed by atoms with Crippen LogP contribution in [0.1, 0.15) is 43.7 Å². The second kappa shape index (κ2) is 11.0. The van der Waals surface area contributed by atoms with Crippen molar-refractivity contribution in [3.8, 4) is 11.5 Å². The number of methoxy groups -OCH3 is 2. The molecule has 2 aromatic rings. The number of carbonyl (C=O) groups is 3. The first kappa shape index (κ1) is 27.5. The summed E-state index contributed by atoms with van der Waals surface area (Å²) < 4.78 is 17.2. The van der Waals surface area contributed by atoms with Crippen molar-refractivity contribution in [1.82, 2.24) is 10.2 Å². The fraction of sp³-hybridized carbons (Fsp3) is 0.485. The molecule has 7 unspecified atom stereocenters. The second-order valence-corrected chi connectivity index (χ2v) is 11.9. The summed E-state index contributed by atoms with van der Waals surface area (Å²) in [5.41, 5.74) is 0.513. The van der Waals surface area contributed by atoms with Crippen LogP contribution in [0.25, 0.3) is 0 Å². The van der Waals surface area contributed by atoms with Crippen molar-refractivity contribution in [2.45, 2.75) is 69.4 Å². The zero-order valence-electron chi connectivity index (χ0n) is 23.9. The molecule has 8 heteroatoms. The van der Waals surface area contributed by atoms with Gasteiger partial charge < -0.3 is 24.4 Å². The van der Waals surface area contributed by atoms with Crippen LogP contribution in [-0.4, -0.2) is 60.5 Å². The van der Waals surface area contributed by atoms with Crippen molar-refractivity contribution in [2.75, 3.05) is 14.2 Å². The van der Waals surface area contributed by atoms with Crippen LogP contribution in [0.4, 0.5) is 0 Å². The maximum Gasteiger partial charge on any atom is 0.246 e. The molecule has 41 heavy (non-hydrogen) atoms. The molecule has 2 aromatic carbocycles. The fourth-order valence-corrected chi connectivity index (χ4v) is 7.33. The third-order valence-corrected chi connectivity index (χ3v) is 9.46. The number of ether oxygens (including phenoxy) is 3. The summed E-state index contributed by atoms with van der Waals surface area (Å²) in [6.07, 6.45) is 7.59. The van der Waals surface area contributed by atoms with Crippen LogP contribution in [0.3, 0.4) is 0 Å². The van der Waals surface area contributed by atoms with Crippen LogP contribution >= 0.6 is 0 Å². The van der Waals surface area contributed by atoms with Gasteiger partial charge in [-0.25, -0.2) is 0 Å². The highest BCUT2D eigenvalue weighted by Gasteiger charge is 2.72. The molecule has 2 saturated heterocycles. The first-order valence-electron chi connectivity index (χ1n) is 14.6. The van der Waals surface area contributed by atoms with Gasteiger partial charge in [-0.1, -0.05) is 56.2 Å². The third-order valence-electron chi connectivity index (χ3n) is 9.46. The molecular formula is C33H38N2O6. The van der Waals surface area contributed by atoms with E-state index in [4.69, 9.17) is 14.2 Å². The average Bonchev–Trinajstić information content (AvgIpc) is 3.62. The van der Waals surface area contributed by atoms with Gasteiger partial charge in [0.05, 0.1) is 32.2 Å². The van der Waals surface area contributed by atoms with E-state index in [2.05, 4.69) is 12.2 Å². The van der Waals surface area contributed by atoms with Crippen LogP contribution < -0.4 is 14.8 Å². The van der Waals surface area contributed by atoms with Crippen molar-refractivity contribution < 1.29 is 28.6 Å². The van der Waals surface area contributed by atoms with Crippen LogP contribution in [0.2, 0.25) is 0 Å². The van der Waals surface area contributed by atoms with Crippen LogP contribution in [-0.2, 0) is 32.1 Å². The number of nitrogens with one attached hydrogen (secondary N) is 1. The van der Waals surface area contributed by atoms with E-state index in [9.17, 15) is 14.4 Å². The van der Waals surface area contributed by atoms with Crippen molar-refractivity contribution >= 4 is 17.6 Å². The van der Waals surface area contributed by atoms with Gasteiger partial charge in [-0.15, -0.1) is 0 Å². The predicted molar refractivity (Wildman–Crippen MR) is 152 cm³/mol. The standard InChI is InChI=1S/C33H38N2O6/c1-20-7-4-5-10-25(20)34-31(37)30-33-16-15-27(41-33)28(26(36)18-22-8-6-9-24(17-22)40-3)29(33)32(38)35(30)19-21-11-13-23(39-2)14-12-21/h6,8-9,11-17,20,25,27-30H,4-5,7,10,18-19H2,1-3H3,(H,34,37). The molecule has 3 fully saturated rings. The first-order valence-corrected chi connectivity index (χ1v) is 14.6. The molecule has 2 bridgehead atoms. The Morgan fingerprint density at radius 3 is 2.51 bits per heavy atom. The zero-order valence-corrected chi connectivity index (χ0v) is 23.9. The quantitative estimate of drug-likeness (QED) is 0.470. The average molecular weight is 559 g/mol. The maximum absolute atomic E-state index is 14.3. The summed E-state index contributed by atoms with van der Waals surface area (Å²) in [5.74, 6) is -0.164. The molecule has 7 atom stereocenters. The number of hydrogen-bond acceptors (Lipinski definition) is 6. The maximum atomic E-state index is 14.3. The molecule has 0 aromatic heterocycles. The predicted octanol–water partition coefficient (Wildman–Crippen LogP) is 3.86. The lowest BCUT2D eigenvalue weighted by atomic mass is 9.72. The van der Waals surface area contributed by atoms with E-state index < -0.39 is 29.6 Å². The molecule has 3 heterocycles. The minimum absolute atomic E-state index is 0.0534. The molecule has 2 amide bonds. The van der Waals surface area contributed by atoms with E-state index in [0.717, 1.165) is 36.8 Å². The van der Waals surface area contributed by atoms with Crippen molar-refractivity contribution in [3.63, 3.8) is 0 Å². The summed E-state index contributed by atoms with van der Waals surface area (Å²) in [6.45, 7) is 2.41. The highest BCUT2D eigenvalue weighted by atomic mass is 16.5. The van der Waals surface area contributed by atoms with Gasteiger partial charge in [0.15, 0.2) is 0 Å². The van der Waals surface area contributed by atoms with Gasteiger partial charge >= 0.3 is 0 Å². The number of nitrogens with zero attached hydrogens (tertiary/aromatic N) is 1. The first-order chi connectivity index (χ1) is 19.8. The molecule has 1 saturated carbocycles. The summed E-state index contributed by atoms with van der Waals surface area (Å²) in [5, 5.41) is 3.29. The van der Waals surface area contributed by atoms with Gasteiger partial charge in [0.2, 0.25) is 11.8 Å². The number of carbonyl (C=O) groups excluding carboxylic acids is 3. The van der Waals surface area contributed by atoms with E-state index >= 15 is 0 Å². The van der Waals surface area contributed by atoms with Gasteiger partial charge in [0, 0.05) is 19.0 Å². The highest BCUT2D eigenvalue weighted by molar-refractivity contribution is 6.00. The summed E-state index contributed by atoms with van der Waals surface area (Å²) in [4.78, 5) is 43.9. The zero-order chi connectivity index (χ0) is 28.7. The van der Waals surface area contributed by atoms with E-state index in [1.807, 2.05) is 60.7 Å². The lowest BCUT2D eigenvalue weighted by Gasteiger charge is -2.36. The smallest absolute Gasteiger partial charge is 0.246 e. The minimum atomic E-state index is -1.18. The number of hydrogen-bond donors (Lipinski definition) is 1. The van der Waals surface area contributed by atoms with Crippen molar-refractivity contribution in [3.05, 3.63) is 71.8 Å². The molecule has 6 rings (SSSR count). The number of amides is 2. The Labute approximate surface area is 241 Å². The molecule has 1 N–H and O–H groups in total. The van der Waals surface area contributed by atoms with E-state index in [1.54, 1.807) is 19.1 Å². The second-order valence-electron chi connectivity index (χ2n) is 11.9. The molecule has 4 aliphatic rings. The van der Waals surface area contributed by atoms with E-state index in [1.165, 1.54) is 0 Å². The number of likely N-dealkylation sites (tertiary alicyclic amines) is 1. The van der Waals surface area contributed by atoms with Crippen LogP contribution in [0.5, 0.6) is 11.5 Å². The minimum Gasteiger partial charge on any atom is -0.497 e. The lowest BCUT2D eigenvalue weighted by molar-refractivity contribution is -0.142. The van der Waals surface area contributed by atoms with Gasteiger partial charge in [-0.2, -0.15) is 0 Å². The van der Waals surface area contributed by atoms with Crippen LogP contribution in [0.15, 0.2) is 60.7 Å². The Kier molecular flexibility index (Phi) is 7.36. The Morgan fingerprint density at radius 1 is 1.02 bits per heavy atom. The Hall–Kier alpha value is -3.65. The number of benzene rings is 2. The Morgan fingerprint density at radius 2 is 1.78 bits per heavy atom. The fourth-order valence-electron chi connectivity index (χ4n) is 7.33. The van der Waals surface area contributed by atoms with E-state index in [-0.39, 0.29) is 36.6 Å². The summed E-state index contributed by atoms with van der Waals surface area (Å²) in [7, 11) is 3.20. The van der Waals surface area contributed by atoms with Gasteiger partial charge in [-0.3, -0.25) is 14.4 Å². The number of ketones is 1. The van der Waals surface area contributed by atoms with E-state index in [0.29, 0.717) is 17.4 Å². The molecule has 3 aliphatic heterocycles. The summed E-state index contributed by atoms with van der Waals surface area (Å²) in [6, 6.07) is 14.1. The van der Waals surface area contributed by atoms with Crippen LogP contribution in [0, 0.1) is 17.8 Å². The van der Waals surface area contributed by atoms with Crippen molar-refractivity contribution in [1.29, 1.82) is 0 Å². The number of rotatable bonds is 9. The van der Waals surface area contributed by atoms with Gasteiger partial charge in [0.1, 0.15) is 28.9 Å². The Balaban J connectivity index is 1.32. The monoisotopic (exact) mass is 558 g/mol. The highest BCUT2D eigenvalue weighted by Crippen LogP contribution is 2.55. The molecule has 1 spiro atoms. The SMILES string of the molecule is COc1ccc(CN2C(=O)C3C(C(=O)Cc4cccc(OC)c4)C4C=CC3(O4)C2C(=O)NC2CCCCC2C)cc1. The molecular weight excluding hydrogens is 520 g/mol. The molecule has 216 valence electrons. The molecule has 8 nitrogen and oxygen atoms in total. The molecule has 0 radical (unpaired) electrons. The normalized spacial score (nSPS) is 31.7. The van der Waals surface area contributed by atoms with Gasteiger partial charge in [-0.05, 0) is 54.2 Å². The summed E-state index contributed by atoms with van der Waals surface area (Å²) >= 11 is 0. The largest absolute Gasteiger partial charge is 0.497 e. The number of Topliss-reactive ketones (excluding diaryl/α,β-unsaturated/α-hetero) is 1. The van der Waals surface area contributed by atoms with Crippen molar-refractivity contribution in [2.24, 2.45) is 17.8 Å². The number of fused-ring (bicyclic) bond motifs is 1. The molecule has 1 aliphatic carbocycles. The Bertz CT molecular complexity index is 1360.